The van der Waals surface area contributed by atoms with Gasteiger partial charge in [-0.05, 0) is 12.1 Å². The van der Waals surface area contributed by atoms with Crippen molar-refractivity contribution in [2.45, 2.75) is 0 Å². The van der Waals surface area contributed by atoms with Crippen LogP contribution in [-0.4, -0.2) is 24.0 Å². The zero-order chi connectivity index (χ0) is 12.0. The molecular weight excluding hydrogens is 208 g/mol. The Labute approximate surface area is 93.0 Å². The van der Waals surface area contributed by atoms with Crippen LogP contribution in [0, 0.1) is 0 Å². The quantitative estimate of drug-likeness (QED) is 0.581. The number of hydrogen-bond acceptors (Lipinski definition) is 3. The van der Waals surface area contributed by atoms with Crippen molar-refractivity contribution in [1.82, 2.24) is 5.43 Å². The number of hydrogen-bond donors (Lipinski definition) is 2. The van der Waals surface area contributed by atoms with E-state index in [1.165, 1.54) is 5.01 Å². The van der Waals surface area contributed by atoms with Gasteiger partial charge < -0.3 is 5.11 Å². The van der Waals surface area contributed by atoms with Crippen molar-refractivity contribution in [3.8, 4) is 0 Å². The molecule has 0 aliphatic carbocycles. The zero-order valence-corrected chi connectivity index (χ0v) is 8.75. The normalized spacial score (nSPS) is 10.3. The number of carboxylic acids is 1. The third-order valence-electron chi connectivity index (χ3n) is 1.83. The van der Waals surface area contributed by atoms with Gasteiger partial charge in [0.05, 0.1) is 5.69 Å². The molecule has 0 spiro atoms. The lowest BCUT2D eigenvalue weighted by Crippen LogP contribution is -2.39. The van der Waals surface area contributed by atoms with Crippen molar-refractivity contribution in [2.75, 3.05) is 12.1 Å². The second-order valence-corrected chi connectivity index (χ2v) is 2.90. The number of carboxylic acid groups (broad SMARTS) is 1. The molecular formula is C11H12N2O3. The zero-order valence-electron chi connectivity index (χ0n) is 8.75. The van der Waals surface area contributed by atoms with Gasteiger partial charge in [0.2, 0.25) is 0 Å². The summed E-state index contributed by atoms with van der Waals surface area (Å²) in [5.41, 5.74) is 3.33. The molecule has 1 amide bonds. The van der Waals surface area contributed by atoms with Crippen LogP contribution < -0.4 is 10.4 Å². The van der Waals surface area contributed by atoms with E-state index in [0.29, 0.717) is 5.69 Å². The van der Waals surface area contributed by atoms with Gasteiger partial charge in [0, 0.05) is 19.2 Å². The number of rotatable bonds is 4. The molecule has 5 heteroatoms. The first-order chi connectivity index (χ1) is 7.65. The molecule has 84 valence electrons. The van der Waals surface area contributed by atoms with E-state index in [0.717, 1.165) is 12.2 Å². The lowest BCUT2D eigenvalue weighted by atomic mass is 10.3. The predicted molar refractivity (Wildman–Crippen MR) is 59.8 cm³/mol. The van der Waals surface area contributed by atoms with E-state index in [-0.39, 0.29) is 0 Å². The van der Waals surface area contributed by atoms with Crippen molar-refractivity contribution in [1.29, 1.82) is 0 Å². The molecule has 0 bridgehead atoms. The van der Waals surface area contributed by atoms with Gasteiger partial charge in [-0.15, -0.1) is 0 Å². The van der Waals surface area contributed by atoms with E-state index < -0.39 is 11.9 Å². The van der Waals surface area contributed by atoms with Gasteiger partial charge in [-0.25, -0.2) is 15.2 Å². The van der Waals surface area contributed by atoms with Crippen LogP contribution in [0.5, 0.6) is 0 Å². The molecule has 0 aliphatic heterocycles. The van der Waals surface area contributed by atoms with E-state index in [1.54, 1.807) is 31.3 Å². The number of anilines is 1. The summed E-state index contributed by atoms with van der Waals surface area (Å²) < 4.78 is 0. The summed E-state index contributed by atoms with van der Waals surface area (Å²) in [6.07, 6.45) is 1.79. The van der Waals surface area contributed by atoms with Crippen LogP contribution >= 0.6 is 0 Å². The van der Waals surface area contributed by atoms with Crippen LogP contribution in [0.25, 0.3) is 0 Å². The van der Waals surface area contributed by atoms with Crippen molar-refractivity contribution < 1.29 is 14.7 Å². The number of para-hydroxylation sites is 1. The lowest BCUT2D eigenvalue weighted by molar-refractivity contribution is -0.131. The first-order valence-corrected chi connectivity index (χ1v) is 4.62. The Bertz CT molecular complexity index is 401. The maximum atomic E-state index is 11.6. The number of hydrazine groups is 1. The summed E-state index contributed by atoms with van der Waals surface area (Å²) in [5.74, 6) is -1.60. The molecule has 1 aromatic carbocycles. The minimum Gasteiger partial charge on any atom is -0.478 e. The van der Waals surface area contributed by atoms with Crippen LogP contribution in [0.3, 0.4) is 0 Å². The van der Waals surface area contributed by atoms with Gasteiger partial charge >= 0.3 is 5.97 Å². The number of nitrogens with one attached hydrogen (secondary N) is 1. The Kier molecular flexibility index (Phi) is 4.23. The Morgan fingerprint density at radius 3 is 2.38 bits per heavy atom. The molecule has 0 unspecified atom stereocenters. The monoisotopic (exact) mass is 220 g/mol. The van der Waals surface area contributed by atoms with E-state index >= 15 is 0 Å². The fourth-order valence-electron chi connectivity index (χ4n) is 1.16. The first-order valence-electron chi connectivity index (χ1n) is 4.62. The van der Waals surface area contributed by atoms with Crippen molar-refractivity contribution in [3.05, 3.63) is 42.5 Å². The third-order valence-corrected chi connectivity index (χ3v) is 1.83. The number of amides is 1. The molecule has 0 aliphatic rings. The molecule has 16 heavy (non-hydrogen) atoms. The molecule has 5 nitrogen and oxygen atoms in total. The summed E-state index contributed by atoms with van der Waals surface area (Å²) in [7, 11) is 1.58. The molecule has 1 rings (SSSR count). The standard InChI is InChI=1S/C11H12N2O3/c1-12-13(9-5-3-2-4-6-9)10(14)7-8-11(15)16/h2-8,12H,1H3,(H,15,16). The maximum Gasteiger partial charge on any atom is 0.328 e. The van der Waals surface area contributed by atoms with Gasteiger partial charge in [-0.3, -0.25) is 4.79 Å². The summed E-state index contributed by atoms with van der Waals surface area (Å²) >= 11 is 0. The summed E-state index contributed by atoms with van der Waals surface area (Å²) in [5, 5.41) is 9.66. The average molecular weight is 220 g/mol. The fraction of sp³-hybridized carbons (Fsp3) is 0.0909. The number of benzene rings is 1. The van der Waals surface area contributed by atoms with Crippen LogP contribution in [0.2, 0.25) is 0 Å². The van der Waals surface area contributed by atoms with Gasteiger partial charge in [0.1, 0.15) is 0 Å². The Balaban J connectivity index is 2.83. The van der Waals surface area contributed by atoms with Gasteiger partial charge in [0.25, 0.3) is 5.91 Å². The van der Waals surface area contributed by atoms with Crippen LogP contribution in [0.4, 0.5) is 5.69 Å². The highest BCUT2D eigenvalue weighted by atomic mass is 16.4. The predicted octanol–water partition coefficient (Wildman–Crippen LogP) is 0.795. The van der Waals surface area contributed by atoms with E-state index in [1.807, 2.05) is 6.07 Å². The molecule has 0 atom stereocenters. The molecule has 0 radical (unpaired) electrons. The van der Waals surface area contributed by atoms with E-state index in [2.05, 4.69) is 5.43 Å². The Hall–Kier alpha value is -2.14. The smallest absolute Gasteiger partial charge is 0.328 e. The van der Waals surface area contributed by atoms with Crippen molar-refractivity contribution in [2.24, 2.45) is 0 Å². The highest BCUT2D eigenvalue weighted by Gasteiger charge is 2.10. The summed E-state index contributed by atoms with van der Waals surface area (Å²) in [6.45, 7) is 0. The summed E-state index contributed by atoms with van der Waals surface area (Å²) in [4.78, 5) is 21.9. The highest BCUT2D eigenvalue weighted by molar-refractivity contribution is 6.03. The minimum absolute atomic E-state index is 0.448. The lowest BCUT2D eigenvalue weighted by Gasteiger charge is -2.19. The first kappa shape index (κ1) is 11.9. The van der Waals surface area contributed by atoms with Crippen LogP contribution in [0.15, 0.2) is 42.5 Å². The minimum atomic E-state index is -1.16. The van der Waals surface area contributed by atoms with Crippen LogP contribution in [0.1, 0.15) is 0 Å². The number of aliphatic carboxylic acids is 1. The van der Waals surface area contributed by atoms with E-state index in [4.69, 9.17) is 5.11 Å². The molecule has 0 saturated heterocycles. The van der Waals surface area contributed by atoms with Gasteiger partial charge in [-0.2, -0.15) is 0 Å². The maximum absolute atomic E-state index is 11.6. The molecule has 0 fully saturated rings. The van der Waals surface area contributed by atoms with Crippen molar-refractivity contribution >= 4 is 17.6 Å². The fourth-order valence-corrected chi connectivity index (χ4v) is 1.16. The van der Waals surface area contributed by atoms with E-state index in [9.17, 15) is 9.59 Å². The average Bonchev–Trinajstić information content (AvgIpc) is 2.29. The molecule has 2 N–H and O–H groups in total. The van der Waals surface area contributed by atoms with Gasteiger partial charge in [-0.1, -0.05) is 18.2 Å². The van der Waals surface area contributed by atoms with Gasteiger partial charge in [0.15, 0.2) is 0 Å². The van der Waals surface area contributed by atoms with Crippen molar-refractivity contribution in [3.63, 3.8) is 0 Å². The van der Waals surface area contributed by atoms with Crippen LogP contribution in [-0.2, 0) is 9.59 Å². The highest BCUT2D eigenvalue weighted by Crippen LogP contribution is 2.10. The summed E-state index contributed by atoms with van der Waals surface area (Å²) in [6, 6.07) is 8.88. The molecule has 0 saturated carbocycles. The topological polar surface area (TPSA) is 69.6 Å². The second kappa shape index (κ2) is 5.67. The largest absolute Gasteiger partial charge is 0.478 e. The molecule has 1 aromatic rings. The third kappa shape index (κ3) is 3.21. The molecule has 0 heterocycles. The number of carbonyl (C=O) groups is 2. The Morgan fingerprint density at radius 2 is 1.88 bits per heavy atom. The molecule has 0 aromatic heterocycles. The number of carbonyl (C=O) groups excluding carboxylic acids is 1. The SMILES string of the molecule is CNN(C(=O)C=CC(=O)O)c1ccccc1. The Morgan fingerprint density at radius 1 is 1.25 bits per heavy atom. The second-order valence-electron chi connectivity index (χ2n) is 2.90. The number of nitrogens with zero attached hydrogens (tertiary/aromatic N) is 1.